The third-order valence-corrected chi connectivity index (χ3v) is 10.6. The topological polar surface area (TPSA) is 94.1 Å². The number of methoxy groups -OCH3 is 3. The summed E-state index contributed by atoms with van der Waals surface area (Å²) in [6.45, 7) is 1.22. The predicted molar refractivity (Wildman–Crippen MR) is 233 cm³/mol. The van der Waals surface area contributed by atoms with Crippen molar-refractivity contribution in [2.24, 2.45) is 0 Å². The fraction of sp³-hybridized carbons (Fsp3) is 0.192. The first-order valence-electron chi connectivity index (χ1n) is 20.1. The van der Waals surface area contributed by atoms with Crippen molar-refractivity contribution < 1.29 is 43.0 Å². The molecule has 1 aliphatic heterocycles. The van der Waals surface area contributed by atoms with Crippen molar-refractivity contribution in [3.05, 3.63) is 203 Å². The van der Waals surface area contributed by atoms with E-state index in [1.54, 1.807) is 33.5 Å². The highest BCUT2D eigenvalue weighted by Gasteiger charge is 2.44. The van der Waals surface area contributed by atoms with Crippen LogP contribution in [0.2, 0.25) is 0 Å². The zero-order valence-electron chi connectivity index (χ0n) is 34.4. The molecule has 7 aromatic carbocycles. The number of benzene rings is 7. The number of aliphatic hydroxyl groups excluding tert-OH is 1. The lowest BCUT2D eigenvalue weighted by Gasteiger charge is -2.39. The van der Waals surface area contributed by atoms with Crippen LogP contribution in [0.3, 0.4) is 0 Å². The molecule has 1 heterocycles. The van der Waals surface area contributed by atoms with Crippen LogP contribution in [0.15, 0.2) is 164 Å². The maximum atomic E-state index is 12.9. The summed E-state index contributed by atoms with van der Waals surface area (Å²) < 4.78 is 50.6. The molecule has 3 atom stereocenters. The van der Waals surface area contributed by atoms with Crippen LogP contribution >= 0.6 is 0 Å². The first-order chi connectivity index (χ1) is 30.0. The lowest BCUT2D eigenvalue weighted by atomic mass is 9.78. The number of hydrogen-bond donors (Lipinski definition) is 1. The molecular formula is C52H48O9. The van der Waals surface area contributed by atoms with Gasteiger partial charge in [0, 0.05) is 35.4 Å². The van der Waals surface area contributed by atoms with Crippen molar-refractivity contribution >= 4 is 0 Å². The summed E-state index contributed by atoms with van der Waals surface area (Å²) in [6.07, 6.45) is -2.11. The van der Waals surface area contributed by atoms with E-state index in [1.807, 2.05) is 152 Å². The van der Waals surface area contributed by atoms with E-state index >= 15 is 0 Å². The van der Waals surface area contributed by atoms with Crippen LogP contribution in [-0.2, 0) is 26.4 Å². The van der Waals surface area contributed by atoms with Gasteiger partial charge in [0.15, 0.2) is 17.6 Å². The highest BCUT2D eigenvalue weighted by Crippen LogP contribution is 2.55. The van der Waals surface area contributed by atoms with Crippen LogP contribution in [0, 0.1) is 0 Å². The normalized spacial score (nSPS) is 15.4. The number of aliphatic hydroxyl groups is 1. The number of fused-ring (bicyclic) bond motifs is 1. The second-order valence-electron chi connectivity index (χ2n) is 14.6. The van der Waals surface area contributed by atoms with Gasteiger partial charge in [0.2, 0.25) is 0 Å². The van der Waals surface area contributed by atoms with Crippen LogP contribution in [0.25, 0.3) is 0 Å². The van der Waals surface area contributed by atoms with Crippen molar-refractivity contribution in [1.29, 1.82) is 0 Å². The summed E-state index contributed by atoms with van der Waals surface area (Å²) in [5, 5.41) is 12.9. The first-order valence-corrected chi connectivity index (χ1v) is 20.1. The lowest BCUT2D eigenvalue weighted by Crippen LogP contribution is -2.36. The zero-order chi connectivity index (χ0) is 42.0. The Morgan fingerprint density at radius 1 is 0.426 bits per heavy atom. The third kappa shape index (κ3) is 9.53. The van der Waals surface area contributed by atoms with Gasteiger partial charge >= 0.3 is 0 Å². The first kappa shape index (κ1) is 40.7. The minimum atomic E-state index is -1.20. The van der Waals surface area contributed by atoms with Crippen molar-refractivity contribution in [3.8, 4) is 46.0 Å². The van der Waals surface area contributed by atoms with E-state index in [4.69, 9.17) is 37.9 Å². The highest BCUT2D eigenvalue weighted by atomic mass is 16.5. The molecule has 0 bridgehead atoms. The van der Waals surface area contributed by atoms with Gasteiger partial charge in [-0.2, -0.15) is 0 Å². The quantitative estimate of drug-likeness (QED) is 0.0964. The minimum Gasteiger partial charge on any atom is -0.496 e. The Bertz CT molecular complexity index is 2470. The molecule has 1 aliphatic rings. The maximum Gasteiger partial charge on any atom is 0.162 e. The Hall–Kier alpha value is -7.10. The molecule has 61 heavy (non-hydrogen) atoms. The number of rotatable bonds is 17. The molecule has 0 saturated carbocycles. The average Bonchev–Trinajstić information content (AvgIpc) is 3.32. The molecule has 0 radical (unpaired) electrons. The molecule has 0 spiro atoms. The summed E-state index contributed by atoms with van der Waals surface area (Å²) >= 11 is 0. The maximum absolute atomic E-state index is 12.9. The van der Waals surface area contributed by atoms with Crippen LogP contribution in [0.4, 0.5) is 0 Å². The molecule has 310 valence electrons. The van der Waals surface area contributed by atoms with Crippen molar-refractivity contribution in [3.63, 3.8) is 0 Å². The van der Waals surface area contributed by atoms with E-state index in [2.05, 4.69) is 0 Å². The third-order valence-electron chi connectivity index (χ3n) is 10.6. The van der Waals surface area contributed by atoms with E-state index in [-0.39, 0.29) is 6.61 Å². The smallest absolute Gasteiger partial charge is 0.162 e. The molecular weight excluding hydrogens is 769 g/mol. The molecule has 1 N–H and O–H groups in total. The van der Waals surface area contributed by atoms with E-state index < -0.39 is 18.1 Å². The second-order valence-corrected chi connectivity index (χ2v) is 14.6. The Kier molecular flexibility index (Phi) is 12.9. The number of hydrogen-bond acceptors (Lipinski definition) is 9. The van der Waals surface area contributed by atoms with Gasteiger partial charge in [0.05, 0.1) is 27.2 Å². The largest absolute Gasteiger partial charge is 0.496 e. The van der Waals surface area contributed by atoms with Crippen molar-refractivity contribution in [2.45, 2.75) is 44.6 Å². The van der Waals surface area contributed by atoms with Crippen molar-refractivity contribution in [1.82, 2.24) is 0 Å². The van der Waals surface area contributed by atoms with Gasteiger partial charge < -0.3 is 43.0 Å². The van der Waals surface area contributed by atoms with Gasteiger partial charge in [-0.1, -0.05) is 127 Å². The van der Waals surface area contributed by atoms with Crippen LogP contribution in [-0.4, -0.2) is 32.5 Å². The molecule has 9 nitrogen and oxygen atoms in total. The second kappa shape index (κ2) is 19.3. The fourth-order valence-corrected chi connectivity index (χ4v) is 7.54. The Morgan fingerprint density at radius 2 is 0.885 bits per heavy atom. The summed E-state index contributed by atoms with van der Waals surface area (Å²) in [4.78, 5) is 0. The van der Waals surface area contributed by atoms with Gasteiger partial charge in [-0.05, 0) is 39.9 Å². The molecule has 0 aromatic heterocycles. The summed E-state index contributed by atoms with van der Waals surface area (Å²) in [5.41, 5.74) is 5.85. The SMILES string of the molecule is COc1cc(OC)c([C@H]2c3c(OCc4ccccc4)cc(OCc4ccccc4)cc3O[C@H](c3ccc(OCc4ccccc4)c(OCc4ccccc4)c3)[C@H]2O)c(OC)c1. The Morgan fingerprint density at radius 3 is 1.38 bits per heavy atom. The molecule has 0 amide bonds. The van der Waals surface area contributed by atoms with Gasteiger partial charge in [-0.25, -0.2) is 0 Å². The van der Waals surface area contributed by atoms with Gasteiger partial charge in [-0.3, -0.25) is 0 Å². The minimum absolute atomic E-state index is 0.255. The standard InChI is InChI=1S/C52H48O9/c1-54-40-27-44(55-2)48(45(28-40)56-3)50-49-46(60-34-38-22-14-7-15-23-38)29-41(57-31-35-16-8-4-9-17-35)30-47(49)61-52(51(50)53)39-24-25-42(58-32-36-18-10-5-11-19-36)43(26-39)59-33-37-20-12-6-13-21-37/h4-30,50-53H,31-34H2,1-3H3/t50-,51-,52+/m0/s1. The zero-order valence-corrected chi connectivity index (χ0v) is 34.4. The predicted octanol–water partition coefficient (Wildman–Crippen LogP) is 10.7. The van der Waals surface area contributed by atoms with E-state index in [1.165, 1.54) is 0 Å². The molecule has 0 aliphatic carbocycles. The van der Waals surface area contributed by atoms with Crippen molar-refractivity contribution in [2.75, 3.05) is 21.3 Å². The molecule has 8 rings (SSSR count). The summed E-state index contributed by atoms with van der Waals surface area (Å²) in [5.74, 6) is 3.19. The van der Waals surface area contributed by atoms with Crippen LogP contribution in [0.1, 0.15) is 51.0 Å². The molecule has 0 saturated heterocycles. The van der Waals surface area contributed by atoms with E-state index in [9.17, 15) is 5.11 Å². The Labute approximate surface area is 356 Å². The van der Waals surface area contributed by atoms with Crippen LogP contribution in [0.5, 0.6) is 46.0 Å². The summed E-state index contributed by atoms with van der Waals surface area (Å²) in [7, 11) is 4.75. The van der Waals surface area contributed by atoms with E-state index in [0.717, 1.165) is 22.3 Å². The lowest BCUT2D eigenvalue weighted by molar-refractivity contribution is 0.00600. The van der Waals surface area contributed by atoms with Gasteiger partial charge in [0.25, 0.3) is 0 Å². The van der Waals surface area contributed by atoms with E-state index in [0.29, 0.717) is 82.5 Å². The highest BCUT2D eigenvalue weighted by molar-refractivity contribution is 5.63. The fourth-order valence-electron chi connectivity index (χ4n) is 7.54. The molecule has 9 heteroatoms. The average molecular weight is 817 g/mol. The molecule has 7 aromatic rings. The summed E-state index contributed by atoms with van der Waals surface area (Å²) in [6, 6.07) is 52.7. The molecule has 0 unspecified atom stereocenters. The van der Waals surface area contributed by atoms with Gasteiger partial charge in [0.1, 0.15) is 67.0 Å². The molecule has 0 fully saturated rings. The van der Waals surface area contributed by atoms with Crippen LogP contribution < -0.4 is 37.9 Å². The van der Waals surface area contributed by atoms with Gasteiger partial charge in [-0.15, -0.1) is 0 Å². The monoisotopic (exact) mass is 816 g/mol. The Balaban J connectivity index is 1.25. The number of ether oxygens (including phenoxy) is 8.